The maximum absolute atomic E-state index is 5.49. The zero-order chi connectivity index (χ0) is 23.4. The molecule has 0 N–H and O–H groups in total. The lowest BCUT2D eigenvalue weighted by Gasteiger charge is -2.15. The van der Waals surface area contributed by atoms with E-state index in [2.05, 4.69) is 57.4 Å². The SMILES string of the molecule is COc1ccc(Cc2noc(CN(C)Cc3cccc(-n4nc(C)cc4C)c3)n2)cc1OC. The number of aromatic nitrogens is 4. The lowest BCUT2D eigenvalue weighted by molar-refractivity contribution is 0.260. The van der Waals surface area contributed by atoms with Crippen LogP contribution in [-0.4, -0.2) is 46.1 Å². The van der Waals surface area contributed by atoms with Crippen LogP contribution in [0, 0.1) is 13.8 Å². The van der Waals surface area contributed by atoms with Crippen molar-refractivity contribution < 1.29 is 14.0 Å². The molecule has 0 saturated heterocycles. The number of methoxy groups -OCH3 is 2. The van der Waals surface area contributed by atoms with Gasteiger partial charge in [0.1, 0.15) is 0 Å². The van der Waals surface area contributed by atoms with Crippen LogP contribution in [0.15, 0.2) is 53.1 Å². The molecule has 0 amide bonds. The Hall–Kier alpha value is -3.65. The van der Waals surface area contributed by atoms with E-state index in [0.717, 1.165) is 29.2 Å². The minimum absolute atomic E-state index is 0.554. The third-order valence-electron chi connectivity index (χ3n) is 5.34. The van der Waals surface area contributed by atoms with Crippen molar-refractivity contribution in [2.24, 2.45) is 0 Å². The van der Waals surface area contributed by atoms with E-state index in [1.165, 1.54) is 5.56 Å². The normalized spacial score (nSPS) is 11.2. The van der Waals surface area contributed by atoms with Gasteiger partial charge in [0.05, 0.1) is 32.1 Å². The van der Waals surface area contributed by atoms with E-state index in [4.69, 9.17) is 14.0 Å². The first-order chi connectivity index (χ1) is 15.9. The fourth-order valence-corrected chi connectivity index (χ4v) is 3.87. The summed E-state index contributed by atoms with van der Waals surface area (Å²) in [6.07, 6.45) is 0.554. The van der Waals surface area contributed by atoms with Crippen molar-refractivity contribution in [2.45, 2.75) is 33.4 Å². The van der Waals surface area contributed by atoms with Crippen LogP contribution in [0.3, 0.4) is 0 Å². The molecule has 0 aliphatic heterocycles. The van der Waals surface area contributed by atoms with E-state index in [9.17, 15) is 0 Å². The molecule has 2 heterocycles. The quantitative estimate of drug-likeness (QED) is 0.382. The summed E-state index contributed by atoms with van der Waals surface area (Å²) in [6, 6.07) is 16.3. The van der Waals surface area contributed by atoms with E-state index in [1.54, 1.807) is 14.2 Å². The predicted molar refractivity (Wildman–Crippen MR) is 125 cm³/mol. The van der Waals surface area contributed by atoms with Gasteiger partial charge in [-0.3, -0.25) is 4.90 Å². The number of benzene rings is 2. The molecule has 0 bridgehead atoms. The number of ether oxygens (including phenoxy) is 2. The first-order valence-corrected chi connectivity index (χ1v) is 10.8. The number of aryl methyl sites for hydroxylation is 2. The maximum atomic E-state index is 5.49. The molecule has 0 unspecified atom stereocenters. The molecule has 0 fully saturated rings. The van der Waals surface area contributed by atoms with Gasteiger partial charge in [-0.2, -0.15) is 10.1 Å². The van der Waals surface area contributed by atoms with Crippen molar-refractivity contribution in [3.05, 3.63) is 82.8 Å². The Morgan fingerprint density at radius 1 is 0.939 bits per heavy atom. The van der Waals surface area contributed by atoms with E-state index >= 15 is 0 Å². The Kier molecular flexibility index (Phi) is 6.74. The maximum Gasteiger partial charge on any atom is 0.240 e. The second-order valence-electron chi connectivity index (χ2n) is 8.15. The van der Waals surface area contributed by atoms with Gasteiger partial charge in [-0.15, -0.1) is 0 Å². The summed E-state index contributed by atoms with van der Waals surface area (Å²) >= 11 is 0. The molecule has 4 rings (SSSR count). The first-order valence-electron chi connectivity index (χ1n) is 10.8. The van der Waals surface area contributed by atoms with Gasteiger partial charge in [0.15, 0.2) is 17.3 Å². The third kappa shape index (κ3) is 5.40. The molecule has 0 aliphatic rings. The van der Waals surface area contributed by atoms with Crippen molar-refractivity contribution in [2.75, 3.05) is 21.3 Å². The average molecular weight is 448 g/mol. The fourth-order valence-electron chi connectivity index (χ4n) is 3.87. The molecular weight excluding hydrogens is 418 g/mol. The van der Waals surface area contributed by atoms with E-state index in [-0.39, 0.29) is 0 Å². The fraction of sp³-hybridized carbons (Fsp3) is 0.320. The summed E-state index contributed by atoms with van der Waals surface area (Å²) in [5, 5.41) is 8.72. The van der Waals surface area contributed by atoms with Crippen LogP contribution in [0.2, 0.25) is 0 Å². The summed E-state index contributed by atoms with van der Waals surface area (Å²) in [4.78, 5) is 6.71. The Bertz CT molecular complexity index is 1230. The van der Waals surface area contributed by atoms with Gasteiger partial charge in [0.2, 0.25) is 5.89 Å². The van der Waals surface area contributed by atoms with Crippen LogP contribution in [0.1, 0.15) is 34.2 Å². The van der Waals surface area contributed by atoms with Gasteiger partial charge in [-0.1, -0.05) is 23.4 Å². The molecule has 33 heavy (non-hydrogen) atoms. The molecule has 172 valence electrons. The first kappa shape index (κ1) is 22.5. The van der Waals surface area contributed by atoms with Crippen molar-refractivity contribution in [3.63, 3.8) is 0 Å². The Balaban J connectivity index is 1.39. The largest absolute Gasteiger partial charge is 0.493 e. The van der Waals surface area contributed by atoms with Gasteiger partial charge in [-0.05, 0) is 62.4 Å². The molecule has 2 aromatic heterocycles. The van der Waals surface area contributed by atoms with Crippen LogP contribution in [-0.2, 0) is 19.5 Å². The van der Waals surface area contributed by atoms with Crippen molar-refractivity contribution in [3.8, 4) is 17.2 Å². The standard InChI is InChI=1S/C25H29N5O3/c1-17-11-18(2)30(27-17)21-8-6-7-20(12-21)15-29(3)16-25-26-24(28-33-25)14-19-9-10-22(31-4)23(13-19)32-5/h6-13H,14-16H2,1-5H3. The zero-order valence-corrected chi connectivity index (χ0v) is 19.7. The van der Waals surface area contributed by atoms with Crippen molar-refractivity contribution in [1.82, 2.24) is 24.8 Å². The Morgan fingerprint density at radius 3 is 2.48 bits per heavy atom. The summed E-state index contributed by atoms with van der Waals surface area (Å²) in [5.41, 5.74) is 5.39. The second-order valence-corrected chi connectivity index (χ2v) is 8.15. The Morgan fingerprint density at radius 2 is 1.76 bits per heavy atom. The van der Waals surface area contributed by atoms with E-state index in [1.807, 2.05) is 36.9 Å². The molecule has 0 spiro atoms. The molecule has 0 saturated carbocycles. The molecule has 8 heteroatoms. The summed E-state index contributed by atoms with van der Waals surface area (Å²) < 4.78 is 18.1. The van der Waals surface area contributed by atoms with Gasteiger partial charge >= 0.3 is 0 Å². The number of hydrogen-bond acceptors (Lipinski definition) is 7. The van der Waals surface area contributed by atoms with Crippen LogP contribution < -0.4 is 9.47 Å². The monoisotopic (exact) mass is 447 g/mol. The highest BCUT2D eigenvalue weighted by atomic mass is 16.5. The minimum Gasteiger partial charge on any atom is -0.493 e. The summed E-state index contributed by atoms with van der Waals surface area (Å²) in [5.74, 6) is 2.60. The Labute approximate surface area is 193 Å². The van der Waals surface area contributed by atoms with E-state index in [0.29, 0.717) is 36.2 Å². The topological polar surface area (TPSA) is 78.4 Å². The average Bonchev–Trinajstić information content (AvgIpc) is 3.38. The predicted octanol–water partition coefficient (Wildman–Crippen LogP) is 4.11. The molecule has 0 atom stereocenters. The molecule has 4 aromatic rings. The highest BCUT2D eigenvalue weighted by Crippen LogP contribution is 2.28. The molecule has 0 aliphatic carbocycles. The van der Waals surface area contributed by atoms with Gasteiger partial charge < -0.3 is 14.0 Å². The van der Waals surface area contributed by atoms with Gasteiger partial charge in [0.25, 0.3) is 0 Å². The lowest BCUT2D eigenvalue weighted by Crippen LogP contribution is -2.17. The van der Waals surface area contributed by atoms with Crippen LogP contribution in [0.5, 0.6) is 11.5 Å². The smallest absolute Gasteiger partial charge is 0.240 e. The highest BCUT2D eigenvalue weighted by Gasteiger charge is 2.13. The minimum atomic E-state index is 0.554. The van der Waals surface area contributed by atoms with Gasteiger partial charge in [0, 0.05) is 18.7 Å². The lowest BCUT2D eigenvalue weighted by atomic mass is 10.1. The zero-order valence-electron chi connectivity index (χ0n) is 19.7. The van der Waals surface area contributed by atoms with Crippen molar-refractivity contribution in [1.29, 1.82) is 0 Å². The molecular formula is C25H29N5O3. The van der Waals surface area contributed by atoms with Gasteiger partial charge in [-0.25, -0.2) is 4.68 Å². The summed E-state index contributed by atoms with van der Waals surface area (Å²) in [7, 11) is 5.28. The number of hydrogen-bond donors (Lipinski definition) is 0. The third-order valence-corrected chi connectivity index (χ3v) is 5.34. The van der Waals surface area contributed by atoms with Crippen LogP contribution in [0.4, 0.5) is 0 Å². The van der Waals surface area contributed by atoms with Crippen LogP contribution in [0.25, 0.3) is 5.69 Å². The molecule has 0 radical (unpaired) electrons. The molecule has 2 aromatic carbocycles. The molecule has 8 nitrogen and oxygen atoms in total. The summed E-state index contributed by atoms with van der Waals surface area (Å²) in [6.45, 7) is 5.38. The second kappa shape index (κ2) is 9.87. The van der Waals surface area contributed by atoms with Crippen molar-refractivity contribution >= 4 is 0 Å². The number of nitrogens with zero attached hydrogens (tertiary/aromatic N) is 5. The highest BCUT2D eigenvalue weighted by molar-refractivity contribution is 5.43. The van der Waals surface area contributed by atoms with Crippen LogP contribution >= 0.6 is 0 Å². The number of rotatable bonds is 9. The van der Waals surface area contributed by atoms with E-state index < -0.39 is 0 Å².